The molecule has 0 spiro atoms. The van der Waals surface area contributed by atoms with Gasteiger partial charge in [0.15, 0.2) is 5.03 Å². The van der Waals surface area contributed by atoms with Gasteiger partial charge in [-0.25, -0.2) is 13.4 Å². The lowest BCUT2D eigenvalue weighted by molar-refractivity contribution is 0.592. The Kier molecular flexibility index (Phi) is 5.14. The van der Waals surface area contributed by atoms with E-state index in [2.05, 4.69) is 0 Å². The molecule has 0 unspecified atom stereocenters. The number of aromatic nitrogens is 1. The van der Waals surface area contributed by atoms with Crippen LogP contribution in [-0.4, -0.2) is 13.4 Å². The Hall–Kier alpha value is -5.20. The second-order valence-corrected chi connectivity index (χ2v) is 11.9. The maximum Gasteiger partial charge on any atom is 0.223 e. The minimum absolute atomic E-state index is 0.0440. The fourth-order valence-electron chi connectivity index (χ4n) is 5.58. The number of para-hydroxylation sites is 4. The van der Waals surface area contributed by atoms with Crippen LogP contribution in [-0.2, 0) is 9.84 Å². The van der Waals surface area contributed by atoms with Gasteiger partial charge in [-0.3, -0.25) is 0 Å². The second kappa shape index (κ2) is 8.91. The molecule has 5 aromatic carbocycles. The van der Waals surface area contributed by atoms with E-state index in [0.29, 0.717) is 28.0 Å². The van der Waals surface area contributed by atoms with Crippen LogP contribution in [0.5, 0.6) is 0 Å². The van der Waals surface area contributed by atoms with Gasteiger partial charge in [0, 0.05) is 32.7 Å². The van der Waals surface area contributed by atoms with Gasteiger partial charge in [0.05, 0.1) is 10.6 Å². The van der Waals surface area contributed by atoms with E-state index in [9.17, 15) is 8.42 Å². The van der Waals surface area contributed by atoms with E-state index in [4.69, 9.17) is 13.8 Å². The first-order valence-corrected chi connectivity index (χ1v) is 14.7. The number of rotatable bonds is 4. The molecule has 8 aromatic rings. The van der Waals surface area contributed by atoms with Gasteiger partial charge in [-0.15, -0.1) is 0 Å². The summed E-state index contributed by atoms with van der Waals surface area (Å²) in [5, 5.41) is 3.85. The van der Waals surface area contributed by atoms with Crippen LogP contribution in [0.3, 0.4) is 0 Å². The van der Waals surface area contributed by atoms with Crippen molar-refractivity contribution in [1.29, 1.82) is 0 Å². The predicted octanol–water partition coefficient (Wildman–Crippen LogP) is 9.05. The zero-order chi connectivity index (χ0) is 27.6. The van der Waals surface area contributed by atoms with E-state index in [1.807, 2.05) is 91.0 Å². The van der Waals surface area contributed by atoms with Gasteiger partial charge in [0.25, 0.3) is 0 Å². The Balaban J connectivity index is 1.44. The van der Waals surface area contributed by atoms with Crippen LogP contribution >= 0.6 is 0 Å². The van der Waals surface area contributed by atoms with Crippen LogP contribution in [0, 0.1) is 0 Å². The molecule has 41 heavy (non-hydrogen) atoms. The van der Waals surface area contributed by atoms with Crippen molar-refractivity contribution in [3.8, 4) is 22.4 Å². The number of hydrogen-bond donors (Lipinski definition) is 0. The minimum Gasteiger partial charge on any atom is -0.455 e. The van der Waals surface area contributed by atoms with Crippen molar-refractivity contribution in [2.75, 3.05) is 0 Å². The second-order valence-electron chi connectivity index (χ2n) is 9.96. The molecule has 3 heterocycles. The zero-order valence-corrected chi connectivity index (χ0v) is 22.4. The van der Waals surface area contributed by atoms with Crippen LogP contribution < -0.4 is 0 Å². The molecule has 0 aliphatic rings. The molecule has 0 bridgehead atoms. The summed E-state index contributed by atoms with van der Waals surface area (Å²) < 4.78 is 40.4. The molecule has 0 aliphatic heterocycles. The number of furan rings is 2. The number of benzene rings is 5. The SMILES string of the molecule is O=S(=O)(c1ccccc1)c1cc(-c2cccc3c2oc2ccccc23)cc(-c2cccc3c2oc2ccccc23)n1. The van der Waals surface area contributed by atoms with Crippen molar-refractivity contribution in [2.45, 2.75) is 9.92 Å². The number of nitrogens with zero attached hydrogens (tertiary/aromatic N) is 1. The van der Waals surface area contributed by atoms with Crippen LogP contribution in [0.2, 0.25) is 0 Å². The third kappa shape index (κ3) is 3.68. The molecular weight excluding hydrogens is 530 g/mol. The van der Waals surface area contributed by atoms with Gasteiger partial charge >= 0.3 is 0 Å². The Labute approximate surface area is 235 Å². The van der Waals surface area contributed by atoms with Crippen LogP contribution in [0.25, 0.3) is 66.3 Å². The van der Waals surface area contributed by atoms with E-state index in [-0.39, 0.29) is 9.92 Å². The van der Waals surface area contributed by atoms with Gasteiger partial charge in [-0.05, 0) is 48.0 Å². The molecule has 8 rings (SSSR count). The highest BCUT2D eigenvalue weighted by Crippen LogP contribution is 2.40. The first kappa shape index (κ1) is 23.7. The fourth-order valence-corrected chi connectivity index (χ4v) is 6.84. The third-order valence-corrected chi connectivity index (χ3v) is 9.18. The summed E-state index contributed by atoms with van der Waals surface area (Å²) in [6.45, 7) is 0. The maximum atomic E-state index is 13.9. The van der Waals surface area contributed by atoms with Gasteiger partial charge in [0.2, 0.25) is 9.84 Å². The molecule has 0 saturated carbocycles. The van der Waals surface area contributed by atoms with Crippen molar-refractivity contribution in [3.63, 3.8) is 0 Å². The summed E-state index contributed by atoms with van der Waals surface area (Å²) in [5.74, 6) is 0. The summed E-state index contributed by atoms with van der Waals surface area (Å²) in [6.07, 6.45) is 0. The minimum atomic E-state index is -3.93. The molecule has 3 aromatic heterocycles. The molecule has 0 aliphatic carbocycles. The van der Waals surface area contributed by atoms with Crippen molar-refractivity contribution in [3.05, 3.63) is 127 Å². The topological polar surface area (TPSA) is 73.3 Å². The largest absolute Gasteiger partial charge is 0.455 e. The standard InChI is InChI=1S/C35H21NO4S/c37-41(38,23-10-2-1-3-11-23)33-21-22(24-14-8-15-27-25-12-4-6-18-31(25)39-34(24)27)20-30(36-33)29-17-9-16-28-26-13-5-7-19-32(26)40-35(28)29/h1-21H. The number of sulfone groups is 1. The molecule has 0 amide bonds. The first-order chi connectivity index (χ1) is 20.1. The van der Waals surface area contributed by atoms with E-state index in [1.165, 1.54) is 0 Å². The third-order valence-electron chi connectivity index (χ3n) is 7.53. The van der Waals surface area contributed by atoms with Crippen LogP contribution in [0.15, 0.2) is 146 Å². The van der Waals surface area contributed by atoms with Gasteiger partial charge in [0.1, 0.15) is 22.3 Å². The summed E-state index contributed by atoms with van der Waals surface area (Å²) in [5.41, 5.74) is 5.55. The van der Waals surface area contributed by atoms with Crippen LogP contribution in [0.4, 0.5) is 0 Å². The van der Waals surface area contributed by atoms with Crippen LogP contribution in [0.1, 0.15) is 0 Å². The molecule has 196 valence electrons. The lowest BCUT2D eigenvalue weighted by Crippen LogP contribution is -2.06. The van der Waals surface area contributed by atoms with Gasteiger partial charge < -0.3 is 8.83 Å². The predicted molar refractivity (Wildman–Crippen MR) is 162 cm³/mol. The quantitative estimate of drug-likeness (QED) is 0.218. The molecule has 0 radical (unpaired) electrons. The summed E-state index contributed by atoms with van der Waals surface area (Å²) in [7, 11) is -3.93. The lowest BCUT2D eigenvalue weighted by atomic mass is 10.00. The molecular formula is C35H21NO4S. The highest BCUT2D eigenvalue weighted by molar-refractivity contribution is 7.91. The normalized spacial score (nSPS) is 12.1. The van der Waals surface area contributed by atoms with Gasteiger partial charge in [-0.2, -0.15) is 0 Å². The van der Waals surface area contributed by atoms with E-state index in [0.717, 1.165) is 38.3 Å². The Morgan fingerprint density at radius 2 is 1.05 bits per heavy atom. The maximum absolute atomic E-state index is 13.9. The average Bonchev–Trinajstić information content (AvgIpc) is 3.60. The monoisotopic (exact) mass is 551 g/mol. The molecule has 0 fully saturated rings. The molecule has 6 heteroatoms. The smallest absolute Gasteiger partial charge is 0.223 e. The van der Waals surface area contributed by atoms with E-state index < -0.39 is 9.84 Å². The Morgan fingerprint density at radius 3 is 1.71 bits per heavy atom. The summed E-state index contributed by atoms with van der Waals surface area (Å²) in [4.78, 5) is 4.92. The highest BCUT2D eigenvalue weighted by atomic mass is 32.2. The molecule has 0 saturated heterocycles. The van der Waals surface area contributed by atoms with Crippen molar-refractivity contribution in [1.82, 2.24) is 4.98 Å². The van der Waals surface area contributed by atoms with Crippen molar-refractivity contribution in [2.24, 2.45) is 0 Å². The number of fused-ring (bicyclic) bond motifs is 6. The van der Waals surface area contributed by atoms with Gasteiger partial charge in [-0.1, -0.05) is 84.9 Å². The summed E-state index contributed by atoms with van der Waals surface area (Å²) in [6, 6.07) is 39.4. The Morgan fingerprint density at radius 1 is 0.512 bits per heavy atom. The average molecular weight is 552 g/mol. The highest BCUT2D eigenvalue weighted by Gasteiger charge is 2.24. The van der Waals surface area contributed by atoms with Crippen molar-refractivity contribution >= 4 is 53.7 Å². The first-order valence-electron chi connectivity index (χ1n) is 13.2. The molecule has 5 nitrogen and oxygen atoms in total. The number of pyridine rings is 1. The summed E-state index contributed by atoms with van der Waals surface area (Å²) >= 11 is 0. The molecule has 0 atom stereocenters. The van der Waals surface area contributed by atoms with Crippen molar-refractivity contribution < 1.29 is 17.3 Å². The molecule has 0 N–H and O–H groups in total. The van der Waals surface area contributed by atoms with E-state index in [1.54, 1.807) is 36.4 Å². The fraction of sp³-hybridized carbons (Fsp3) is 0. The Bertz CT molecular complexity index is 2250. The lowest BCUT2D eigenvalue weighted by Gasteiger charge is -2.11. The number of hydrogen-bond acceptors (Lipinski definition) is 5. The zero-order valence-electron chi connectivity index (χ0n) is 21.6. The van der Waals surface area contributed by atoms with E-state index >= 15 is 0 Å².